The Morgan fingerprint density at radius 1 is 1.11 bits per heavy atom. The van der Waals surface area contributed by atoms with Crippen molar-refractivity contribution in [3.8, 4) is 0 Å². The highest BCUT2D eigenvalue weighted by molar-refractivity contribution is 5.95. The molecule has 192 valence electrons. The van der Waals surface area contributed by atoms with Crippen molar-refractivity contribution < 1.29 is 14.3 Å². The fourth-order valence-electron chi connectivity index (χ4n) is 4.49. The first-order chi connectivity index (χ1) is 18.0. The van der Waals surface area contributed by atoms with Crippen molar-refractivity contribution in [2.24, 2.45) is 0 Å². The Labute approximate surface area is 214 Å². The SMILES string of the molecule is CCn1cnc2c(Nc3cccc(C(=O)NCc4ccc(F)cc4)c3)nc(N[C@H]3CC[C@H](O)CC3)nc21. The molecule has 0 bridgehead atoms. The van der Waals surface area contributed by atoms with Gasteiger partial charge in [-0.25, -0.2) is 9.37 Å². The first-order valence-electron chi connectivity index (χ1n) is 12.6. The molecule has 10 heteroatoms. The van der Waals surface area contributed by atoms with Crippen LogP contribution in [0, 0.1) is 5.82 Å². The summed E-state index contributed by atoms with van der Waals surface area (Å²) in [5.74, 6) is 0.490. The number of nitrogens with one attached hydrogen (secondary N) is 3. The summed E-state index contributed by atoms with van der Waals surface area (Å²) in [7, 11) is 0. The maximum atomic E-state index is 13.1. The van der Waals surface area contributed by atoms with Gasteiger partial charge >= 0.3 is 0 Å². The highest BCUT2D eigenvalue weighted by Gasteiger charge is 2.21. The van der Waals surface area contributed by atoms with Crippen molar-refractivity contribution in [2.75, 3.05) is 10.6 Å². The number of rotatable bonds is 8. The van der Waals surface area contributed by atoms with Crippen LogP contribution in [-0.2, 0) is 13.1 Å². The van der Waals surface area contributed by atoms with E-state index in [1.165, 1.54) is 12.1 Å². The highest BCUT2D eigenvalue weighted by Crippen LogP contribution is 2.27. The zero-order valence-corrected chi connectivity index (χ0v) is 20.6. The Kier molecular flexibility index (Phi) is 7.27. The van der Waals surface area contributed by atoms with Crippen LogP contribution in [0.25, 0.3) is 11.2 Å². The van der Waals surface area contributed by atoms with E-state index in [1.807, 2.05) is 17.6 Å². The summed E-state index contributed by atoms with van der Waals surface area (Å²) in [4.78, 5) is 26.7. The number of amides is 1. The second kappa shape index (κ2) is 10.9. The lowest BCUT2D eigenvalue weighted by atomic mass is 9.93. The van der Waals surface area contributed by atoms with Crippen LogP contribution >= 0.6 is 0 Å². The smallest absolute Gasteiger partial charge is 0.251 e. The van der Waals surface area contributed by atoms with Gasteiger partial charge in [0.25, 0.3) is 5.91 Å². The molecule has 1 aliphatic rings. The van der Waals surface area contributed by atoms with Crippen molar-refractivity contribution in [3.05, 3.63) is 71.8 Å². The summed E-state index contributed by atoms with van der Waals surface area (Å²) in [6, 6.07) is 13.4. The Balaban J connectivity index is 1.35. The van der Waals surface area contributed by atoms with E-state index >= 15 is 0 Å². The number of imidazole rings is 1. The minimum absolute atomic E-state index is 0.194. The molecule has 0 unspecified atom stereocenters. The van der Waals surface area contributed by atoms with Crippen LogP contribution in [-0.4, -0.2) is 42.7 Å². The number of benzene rings is 2. The van der Waals surface area contributed by atoms with Crippen molar-refractivity contribution in [2.45, 2.75) is 57.8 Å². The summed E-state index contributed by atoms with van der Waals surface area (Å²) in [6.07, 6.45) is 4.73. The number of carbonyl (C=O) groups excluding carboxylic acids is 1. The van der Waals surface area contributed by atoms with Gasteiger partial charge in [0.15, 0.2) is 17.0 Å². The van der Waals surface area contributed by atoms with E-state index in [2.05, 4.69) is 20.9 Å². The van der Waals surface area contributed by atoms with Crippen LogP contribution in [0.1, 0.15) is 48.5 Å². The van der Waals surface area contributed by atoms with Gasteiger partial charge in [-0.15, -0.1) is 0 Å². The first-order valence-corrected chi connectivity index (χ1v) is 12.6. The van der Waals surface area contributed by atoms with Crippen molar-refractivity contribution >= 4 is 34.5 Å². The molecule has 0 radical (unpaired) electrons. The summed E-state index contributed by atoms with van der Waals surface area (Å²) in [5.41, 5.74) is 3.33. The van der Waals surface area contributed by atoms with E-state index in [4.69, 9.17) is 9.97 Å². The van der Waals surface area contributed by atoms with Crippen LogP contribution in [0.3, 0.4) is 0 Å². The number of aliphatic hydroxyl groups excluding tert-OH is 1. The van der Waals surface area contributed by atoms with Crippen molar-refractivity contribution in [3.63, 3.8) is 0 Å². The van der Waals surface area contributed by atoms with Crippen LogP contribution in [0.4, 0.5) is 21.8 Å². The van der Waals surface area contributed by atoms with Crippen LogP contribution in [0.15, 0.2) is 54.9 Å². The number of nitrogens with zero attached hydrogens (tertiary/aromatic N) is 4. The molecular weight excluding hydrogens is 473 g/mol. The van der Waals surface area contributed by atoms with Crippen molar-refractivity contribution in [1.82, 2.24) is 24.8 Å². The largest absolute Gasteiger partial charge is 0.393 e. The normalized spacial score (nSPS) is 17.5. The predicted molar refractivity (Wildman–Crippen MR) is 140 cm³/mol. The fraction of sp³-hybridized carbons (Fsp3) is 0.333. The monoisotopic (exact) mass is 503 g/mol. The van der Waals surface area contributed by atoms with Gasteiger partial charge in [0.1, 0.15) is 5.82 Å². The third-order valence-electron chi connectivity index (χ3n) is 6.59. The number of hydrogen-bond acceptors (Lipinski definition) is 7. The molecule has 0 saturated heterocycles. The zero-order valence-electron chi connectivity index (χ0n) is 20.6. The van der Waals surface area contributed by atoms with Crippen LogP contribution in [0.5, 0.6) is 0 Å². The number of fused-ring (bicyclic) bond motifs is 1. The molecule has 1 saturated carbocycles. The van der Waals surface area contributed by atoms with Gasteiger partial charge < -0.3 is 25.6 Å². The molecule has 37 heavy (non-hydrogen) atoms. The van der Waals surface area contributed by atoms with Gasteiger partial charge in [-0.1, -0.05) is 18.2 Å². The molecule has 0 atom stereocenters. The Bertz CT molecular complexity index is 1380. The van der Waals surface area contributed by atoms with Gasteiger partial charge in [-0.2, -0.15) is 9.97 Å². The third-order valence-corrected chi connectivity index (χ3v) is 6.59. The quantitative estimate of drug-likeness (QED) is 0.282. The Morgan fingerprint density at radius 3 is 2.65 bits per heavy atom. The maximum Gasteiger partial charge on any atom is 0.251 e. The molecule has 4 N–H and O–H groups in total. The molecule has 1 amide bonds. The van der Waals surface area contributed by atoms with Gasteiger partial charge in [0, 0.05) is 30.4 Å². The van der Waals surface area contributed by atoms with Gasteiger partial charge in [-0.05, 0) is 68.5 Å². The molecule has 1 fully saturated rings. The molecule has 2 aromatic heterocycles. The standard InChI is InChI=1S/C27H30FN7O2/c1-2-35-16-30-23-24(33-27(34-25(23)35)32-20-10-12-22(36)13-11-20)31-21-5-3-4-18(14-21)26(37)29-15-17-6-8-19(28)9-7-17/h3-9,14,16,20,22,36H,2,10-13,15H2,1H3,(H,29,37)(H2,31,32,33,34)/t20-,22-. The zero-order chi connectivity index (χ0) is 25.8. The van der Waals surface area contributed by atoms with E-state index in [9.17, 15) is 14.3 Å². The average molecular weight is 504 g/mol. The van der Waals surface area contributed by atoms with Crippen molar-refractivity contribution in [1.29, 1.82) is 0 Å². The predicted octanol–water partition coefficient (Wildman–Crippen LogP) is 4.37. The number of aryl methyl sites for hydroxylation is 1. The maximum absolute atomic E-state index is 13.1. The van der Waals surface area contributed by atoms with Gasteiger partial charge in [0.2, 0.25) is 5.95 Å². The second-order valence-electron chi connectivity index (χ2n) is 9.26. The van der Waals surface area contributed by atoms with E-state index in [0.717, 1.165) is 31.2 Å². The lowest BCUT2D eigenvalue weighted by Gasteiger charge is -2.26. The summed E-state index contributed by atoms with van der Waals surface area (Å²) in [5, 5.41) is 19.4. The minimum Gasteiger partial charge on any atom is -0.393 e. The van der Waals surface area contributed by atoms with Gasteiger partial charge in [-0.3, -0.25) is 4.79 Å². The summed E-state index contributed by atoms with van der Waals surface area (Å²) in [6.45, 7) is 3.04. The Hall–Kier alpha value is -4.05. The lowest BCUT2D eigenvalue weighted by molar-refractivity contribution is 0.0951. The summed E-state index contributed by atoms with van der Waals surface area (Å²) < 4.78 is 15.1. The number of anilines is 3. The molecule has 1 aliphatic carbocycles. The molecule has 2 aromatic carbocycles. The highest BCUT2D eigenvalue weighted by atomic mass is 19.1. The number of carbonyl (C=O) groups is 1. The van der Waals surface area contributed by atoms with Crippen LogP contribution in [0.2, 0.25) is 0 Å². The molecule has 0 aliphatic heterocycles. The van der Waals surface area contributed by atoms with E-state index in [-0.39, 0.29) is 23.9 Å². The first kappa shape index (κ1) is 24.6. The van der Waals surface area contributed by atoms with E-state index in [1.54, 1.807) is 36.7 Å². The number of halogens is 1. The number of hydrogen-bond donors (Lipinski definition) is 4. The molecule has 5 rings (SSSR count). The average Bonchev–Trinajstić information content (AvgIpc) is 3.33. The number of aliphatic hydroxyl groups is 1. The van der Waals surface area contributed by atoms with Crippen LogP contribution < -0.4 is 16.0 Å². The molecule has 2 heterocycles. The topological polar surface area (TPSA) is 117 Å². The molecule has 0 spiro atoms. The van der Waals surface area contributed by atoms with E-state index < -0.39 is 0 Å². The molecule has 9 nitrogen and oxygen atoms in total. The molecular formula is C27H30FN7O2. The summed E-state index contributed by atoms with van der Waals surface area (Å²) >= 11 is 0. The Morgan fingerprint density at radius 2 is 1.89 bits per heavy atom. The minimum atomic E-state index is -0.313. The second-order valence-corrected chi connectivity index (χ2v) is 9.26. The number of aromatic nitrogens is 4. The molecule has 4 aromatic rings. The van der Waals surface area contributed by atoms with Gasteiger partial charge in [0.05, 0.1) is 12.4 Å². The fourth-order valence-corrected chi connectivity index (χ4v) is 4.49. The lowest BCUT2D eigenvalue weighted by Crippen LogP contribution is -2.29. The van der Waals surface area contributed by atoms with E-state index in [0.29, 0.717) is 47.3 Å². The third kappa shape index (κ3) is 5.86.